The Morgan fingerprint density at radius 1 is 1.00 bits per heavy atom. The summed E-state index contributed by atoms with van der Waals surface area (Å²) >= 11 is 0. The molecule has 1 saturated heterocycles. The molecule has 1 aliphatic heterocycles. The van der Waals surface area contributed by atoms with Gasteiger partial charge in [0.05, 0.1) is 0 Å². The van der Waals surface area contributed by atoms with Gasteiger partial charge in [-0.25, -0.2) is 0 Å². The molecule has 2 bridgehead atoms. The lowest BCUT2D eigenvalue weighted by atomic mass is 9.65. The number of nitrogens with one attached hydrogen (secondary N) is 1. The lowest BCUT2D eigenvalue weighted by molar-refractivity contribution is -0.130. The number of nitrogens with two attached hydrogens (primary N) is 1. The molecule has 2 aliphatic carbocycles. The summed E-state index contributed by atoms with van der Waals surface area (Å²) in [6.45, 7) is 1.83. The highest BCUT2D eigenvalue weighted by molar-refractivity contribution is 5.92. The van der Waals surface area contributed by atoms with Crippen LogP contribution in [0.25, 0.3) is 0 Å². The second kappa shape index (κ2) is 8.64. The molecule has 0 radical (unpaired) electrons. The molecule has 0 spiro atoms. The first-order valence-corrected chi connectivity index (χ1v) is 11.0. The summed E-state index contributed by atoms with van der Waals surface area (Å²) in [4.78, 5) is 26.9. The molecule has 1 aromatic carbocycles. The van der Waals surface area contributed by atoms with Crippen molar-refractivity contribution in [3.05, 3.63) is 29.8 Å². The third kappa shape index (κ3) is 4.40. The summed E-state index contributed by atoms with van der Waals surface area (Å²) in [7, 11) is 0. The number of hydrogen-bond acceptors (Lipinski definition) is 3. The lowest BCUT2D eigenvalue weighted by Gasteiger charge is -2.43. The summed E-state index contributed by atoms with van der Waals surface area (Å²) in [5.41, 5.74) is 8.34. The van der Waals surface area contributed by atoms with Crippen molar-refractivity contribution in [2.75, 3.05) is 18.4 Å². The van der Waals surface area contributed by atoms with Crippen LogP contribution in [0, 0.1) is 17.8 Å². The lowest BCUT2D eigenvalue weighted by Crippen LogP contribution is -2.48. The van der Waals surface area contributed by atoms with Crippen LogP contribution in [0.4, 0.5) is 5.69 Å². The number of fused-ring (bicyclic) bond motifs is 2. The van der Waals surface area contributed by atoms with Crippen LogP contribution in [0.2, 0.25) is 0 Å². The maximum Gasteiger partial charge on any atom is 0.227 e. The molecule has 3 fully saturated rings. The van der Waals surface area contributed by atoms with Gasteiger partial charge in [-0.05, 0) is 74.5 Å². The van der Waals surface area contributed by atoms with E-state index in [1.165, 1.54) is 19.3 Å². The summed E-state index contributed by atoms with van der Waals surface area (Å²) in [6.07, 6.45) is 9.06. The fourth-order valence-electron chi connectivity index (χ4n) is 5.38. The number of rotatable bonds is 5. The van der Waals surface area contributed by atoms with E-state index >= 15 is 0 Å². The third-order valence-corrected chi connectivity index (χ3v) is 7.09. The Labute approximate surface area is 168 Å². The van der Waals surface area contributed by atoms with Crippen LogP contribution in [0.15, 0.2) is 24.3 Å². The average Bonchev–Trinajstić information content (AvgIpc) is 3.22. The summed E-state index contributed by atoms with van der Waals surface area (Å²) in [5, 5.41) is 3.10. The van der Waals surface area contributed by atoms with Crippen LogP contribution in [0.1, 0.15) is 56.9 Å². The Morgan fingerprint density at radius 3 is 2.29 bits per heavy atom. The molecule has 0 aromatic heterocycles. The van der Waals surface area contributed by atoms with E-state index in [4.69, 9.17) is 5.73 Å². The number of likely N-dealkylation sites (tertiary alicyclic amines) is 1. The Kier molecular flexibility index (Phi) is 6.00. The minimum absolute atomic E-state index is 0.0906. The normalized spacial score (nSPS) is 29.5. The van der Waals surface area contributed by atoms with Crippen molar-refractivity contribution in [2.24, 2.45) is 23.5 Å². The van der Waals surface area contributed by atoms with Gasteiger partial charge in [0.25, 0.3) is 0 Å². The van der Waals surface area contributed by atoms with Crippen molar-refractivity contribution < 1.29 is 9.59 Å². The van der Waals surface area contributed by atoms with Crippen molar-refractivity contribution in [1.29, 1.82) is 0 Å². The van der Waals surface area contributed by atoms with E-state index in [1.807, 2.05) is 29.2 Å². The zero-order valence-corrected chi connectivity index (χ0v) is 16.7. The zero-order chi connectivity index (χ0) is 19.5. The molecule has 1 heterocycles. The Bertz CT molecular complexity index is 682. The fraction of sp³-hybridized carbons (Fsp3) is 0.652. The number of carbonyl (C=O) groups excluding carboxylic acids is 2. The van der Waals surface area contributed by atoms with Crippen LogP contribution in [-0.2, 0) is 16.0 Å². The van der Waals surface area contributed by atoms with E-state index < -0.39 is 0 Å². The zero-order valence-electron chi connectivity index (χ0n) is 16.7. The molecule has 5 nitrogen and oxygen atoms in total. The van der Waals surface area contributed by atoms with Crippen LogP contribution in [0.3, 0.4) is 0 Å². The second-order valence-electron chi connectivity index (χ2n) is 8.97. The fourth-order valence-corrected chi connectivity index (χ4v) is 5.38. The van der Waals surface area contributed by atoms with Crippen molar-refractivity contribution in [1.82, 2.24) is 4.90 Å². The summed E-state index contributed by atoms with van der Waals surface area (Å²) < 4.78 is 0. The highest BCUT2D eigenvalue weighted by atomic mass is 16.2. The van der Waals surface area contributed by atoms with Gasteiger partial charge in [0.2, 0.25) is 11.8 Å². The number of aryl methyl sites for hydroxylation is 1. The number of amides is 2. The van der Waals surface area contributed by atoms with E-state index in [0.717, 1.165) is 56.4 Å². The SMILES string of the molecule is NC1C2CCCC1CC(C(=O)Nc1ccc(CCC(=O)N3CCCC3)cc1)C2. The van der Waals surface area contributed by atoms with E-state index in [0.29, 0.717) is 24.3 Å². The van der Waals surface area contributed by atoms with Gasteiger partial charge >= 0.3 is 0 Å². The van der Waals surface area contributed by atoms with Gasteiger partial charge in [-0.2, -0.15) is 0 Å². The van der Waals surface area contributed by atoms with Crippen LogP contribution in [-0.4, -0.2) is 35.8 Å². The topological polar surface area (TPSA) is 75.4 Å². The first-order valence-electron chi connectivity index (χ1n) is 11.0. The highest BCUT2D eigenvalue weighted by Crippen LogP contribution is 2.42. The average molecular weight is 384 g/mol. The molecule has 28 heavy (non-hydrogen) atoms. The monoisotopic (exact) mass is 383 g/mol. The van der Waals surface area contributed by atoms with Crippen LogP contribution in [0.5, 0.6) is 0 Å². The largest absolute Gasteiger partial charge is 0.343 e. The number of benzene rings is 1. The minimum atomic E-state index is 0.0906. The summed E-state index contributed by atoms with van der Waals surface area (Å²) in [5.74, 6) is 1.52. The molecule has 2 atom stereocenters. The van der Waals surface area contributed by atoms with E-state index in [2.05, 4.69) is 5.32 Å². The molecule has 5 heteroatoms. The molecule has 152 valence electrons. The van der Waals surface area contributed by atoms with Crippen molar-refractivity contribution in [3.63, 3.8) is 0 Å². The molecule has 2 unspecified atom stereocenters. The molecule has 3 N–H and O–H groups in total. The van der Waals surface area contributed by atoms with Gasteiger partial charge < -0.3 is 16.0 Å². The molecular formula is C23H33N3O2. The van der Waals surface area contributed by atoms with E-state index in [-0.39, 0.29) is 17.7 Å². The number of nitrogens with zero attached hydrogens (tertiary/aromatic N) is 1. The number of anilines is 1. The third-order valence-electron chi connectivity index (χ3n) is 7.09. The molecule has 4 rings (SSSR count). The molecule has 3 aliphatic rings. The maximum absolute atomic E-state index is 12.8. The summed E-state index contributed by atoms with van der Waals surface area (Å²) in [6, 6.07) is 8.27. The van der Waals surface area contributed by atoms with E-state index in [9.17, 15) is 9.59 Å². The number of hydrogen-bond donors (Lipinski definition) is 2. The van der Waals surface area contributed by atoms with Gasteiger partial charge in [-0.15, -0.1) is 0 Å². The van der Waals surface area contributed by atoms with Gasteiger partial charge in [0.15, 0.2) is 0 Å². The van der Waals surface area contributed by atoms with Crippen LogP contribution >= 0.6 is 0 Å². The first-order chi connectivity index (χ1) is 13.6. The first kappa shape index (κ1) is 19.4. The second-order valence-corrected chi connectivity index (χ2v) is 8.97. The predicted octanol–water partition coefficient (Wildman–Crippen LogP) is 3.33. The molecule has 1 aromatic rings. The Hall–Kier alpha value is -1.88. The van der Waals surface area contributed by atoms with Gasteiger partial charge in [0.1, 0.15) is 0 Å². The Morgan fingerprint density at radius 2 is 1.64 bits per heavy atom. The standard InChI is InChI=1S/C23H33N3O2/c24-22-17-4-3-5-18(22)15-19(14-17)23(28)25-20-9-6-16(7-10-20)8-11-21(27)26-12-1-2-13-26/h6-7,9-10,17-19,22H,1-5,8,11-15,24H2,(H,25,28). The predicted molar refractivity (Wildman–Crippen MR) is 111 cm³/mol. The minimum Gasteiger partial charge on any atom is -0.343 e. The van der Waals surface area contributed by atoms with E-state index in [1.54, 1.807) is 0 Å². The van der Waals surface area contributed by atoms with Gasteiger partial charge in [-0.1, -0.05) is 18.6 Å². The quantitative estimate of drug-likeness (QED) is 0.819. The smallest absolute Gasteiger partial charge is 0.227 e. The van der Waals surface area contributed by atoms with Crippen molar-refractivity contribution in [2.45, 2.75) is 63.8 Å². The molecule has 2 saturated carbocycles. The van der Waals surface area contributed by atoms with Crippen molar-refractivity contribution >= 4 is 17.5 Å². The van der Waals surface area contributed by atoms with Gasteiger partial charge in [0, 0.05) is 37.2 Å². The molecular weight excluding hydrogens is 350 g/mol. The van der Waals surface area contributed by atoms with Gasteiger partial charge in [-0.3, -0.25) is 9.59 Å². The number of carbonyl (C=O) groups is 2. The van der Waals surface area contributed by atoms with Crippen LogP contribution < -0.4 is 11.1 Å². The Balaban J connectivity index is 1.27. The maximum atomic E-state index is 12.8. The molecule has 2 amide bonds. The van der Waals surface area contributed by atoms with Crippen molar-refractivity contribution in [3.8, 4) is 0 Å². The highest BCUT2D eigenvalue weighted by Gasteiger charge is 2.40.